The van der Waals surface area contributed by atoms with Crippen LogP contribution in [-0.2, 0) is 10.0 Å². The Morgan fingerprint density at radius 2 is 1.85 bits per heavy atom. The summed E-state index contributed by atoms with van der Waals surface area (Å²) >= 11 is 16.9. The quantitative estimate of drug-likeness (QED) is 0.847. The van der Waals surface area contributed by atoms with E-state index in [0.29, 0.717) is 0 Å². The van der Waals surface area contributed by atoms with Crippen molar-refractivity contribution in [3.05, 3.63) is 51.5 Å². The zero-order chi connectivity index (χ0) is 14.9. The van der Waals surface area contributed by atoms with Gasteiger partial charge in [0.2, 0.25) is 0 Å². The highest BCUT2D eigenvalue weighted by atomic mass is 35.5. The molecule has 2 aromatic rings. The molecule has 0 aliphatic heterocycles. The topological polar surface area (TPSA) is 59.1 Å². The van der Waals surface area contributed by atoms with Crippen molar-refractivity contribution in [3.8, 4) is 0 Å². The van der Waals surface area contributed by atoms with Gasteiger partial charge in [-0.05, 0) is 18.2 Å². The fraction of sp³-hybridized carbons (Fsp3) is 0. The number of nitrogens with one attached hydrogen (secondary N) is 1. The standard InChI is InChI=1S/C11H6Cl3FN2O2S/c12-7-2-1-3-9(10(7)15)17-20(18,19)6-4-8(13)11(14)16-5-6/h1-5,17H. The Labute approximate surface area is 129 Å². The average molecular weight is 356 g/mol. The van der Waals surface area contributed by atoms with Crippen LogP contribution in [0.15, 0.2) is 35.4 Å². The SMILES string of the molecule is O=S(=O)(Nc1cccc(Cl)c1F)c1cnc(Cl)c(Cl)c1. The third kappa shape index (κ3) is 3.15. The maximum absolute atomic E-state index is 13.7. The number of hydrogen-bond donors (Lipinski definition) is 1. The molecule has 20 heavy (non-hydrogen) atoms. The maximum atomic E-state index is 13.7. The second-order valence-corrected chi connectivity index (χ2v) is 6.51. The molecule has 0 amide bonds. The van der Waals surface area contributed by atoms with Gasteiger partial charge in [0.05, 0.1) is 15.7 Å². The summed E-state index contributed by atoms with van der Waals surface area (Å²) in [5.41, 5.74) is -0.274. The monoisotopic (exact) mass is 354 g/mol. The van der Waals surface area contributed by atoms with Crippen LogP contribution in [0.25, 0.3) is 0 Å². The smallest absolute Gasteiger partial charge is 0.263 e. The number of hydrogen-bond acceptors (Lipinski definition) is 3. The van der Waals surface area contributed by atoms with Gasteiger partial charge >= 0.3 is 0 Å². The van der Waals surface area contributed by atoms with E-state index >= 15 is 0 Å². The molecule has 0 saturated heterocycles. The van der Waals surface area contributed by atoms with E-state index in [0.717, 1.165) is 12.3 Å². The lowest BCUT2D eigenvalue weighted by Gasteiger charge is -2.09. The van der Waals surface area contributed by atoms with Crippen LogP contribution in [0.5, 0.6) is 0 Å². The number of benzene rings is 1. The van der Waals surface area contributed by atoms with E-state index in [2.05, 4.69) is 9.71 Å². The molecule has 0 atom stereocenters. The van der Waals surface area contributed by atoms with E-state index in [1.165, 1.54) is 18.2 Å². The molecule has 0 aliphatic rings. The zero-order valence-electron chi connectivity index (χ0n) is 9.57. The van der Waals surface area contributed by atoms with E-state index in [-0.39, 0.29) is 25.8 Å². The van der Waals surface area contributed by atoms with Crippen LogP contribution in [-0.4, -0.2) is 13.4 Å². The molecule has 1 aromatic carbocycles. The third-order valence-electron chi connectivity index (χ3n) is 2.28. The lowest BCUT2D eigenvalue weighted by atomic mass is 10.3. The molecule has 0 bridgehead atoms. The highest BCUT2D eigenvalue weighted by molar-refractivity contribution is 7.92. The van der Waals surface area contributed by atoms with Gasteiger partial charge in [-0.25, -0.2) is 17.8 Å². The van der Waals surface area contributed by atoms with Gasteiger partial charge in [0.15, 0.2) is 5.82 Å². The highest BCUT2D eigenvalue weighted by Gasteiger charge is 2.19. The molecule has 0 fully saturated rings. The summed E-state index contributed by atoms with van der Waals surface area (Å²) in [4.78, 5) is 3.38. The molecule has 1 heterocycles. The molecule has 1 aromatic heterocycles. The molecule has 0 unspecified atom stereocenters. The summed E-state index contributed by atoms with van der Waals surface area (Å²) in [5.74, 6) is -0.870. The second kappa shape index (κ2) is 5.73. The van der Waals surface area contributed by atoms with Crippen LogP contribution in [0.4, 0.5) is 10.1 Å². The number of pyridine rings is 1. The van der Waals surface area contributed by atoms with E-state index in [9.17, 15) is 12.8 Å². The first-order valence-corrected chi connectivity index (χ1v) is 7.71. The summed E-state index contributed by atoms with van der Waals surface area (Å²) in [5, 5.41) is -0.252. The molecule has 9 heteroatoms. The van der Waals surface area contributed by atoms with E-state index in [1.54, 1.807) is 0 Å². The summed E-state index contributed by atoms with van der Waals surface area (Å²) < 4.78 is 39.9. The largest absolute Gasteiger partial charge is 0.277 e. The lowest BCUT2D eigenvalue weighted by molar-refractivity contribution is 0.598. The number of nitrogens with zero attached hydrogens (tertiary/aromatic N) is 1. The number of rotatable bonds is 3. The van der Waals surface area contributed by atoms with Crippen LogP contribution >= 0.6 is 34.8 Å². The Hall–Kier alpha value is -1.08. The molecule has 1 N–H and O–H groups in total. The van der Waals surface area contributed by atoms with Gasteiger partial charge < -0.3 is 0 Å². The second-order valence-electron chi connectivity index (χ2n) is 3.65. The van der Waals surface area contributed by atoms with E-state index < -0.39 is 15.8 Å². The number of sulfonamides is 1. The minimum atomic E-state index is -4.05. The zero-order valence-corrected chi connectivity index (χ0v) is 12.7. The van der Waals surface area contributed by atoms with Crippen molar-refractivity contribution < 1.29 is 12.8 Å². The van der Waals surface area contributed by atoms with Gasteiger partial charge in [0.1, 0.15) is 10.0 Å². The predicted molar refractivity (Wildman–Crippen MR) is 76.5 cm³/mol. The maximum Gasteiger partial charge on any atom is 0.263 e. The van der Waals surface area contributed by atoms with Gasteiger partial charge in [0.25, 0.3) is 10.0 Å². The number of anilines is 1. The van der Waals surface area contributed by atoms with Crippen LogP contribution in [0.2, 0.25) is 15.2 Å². The van der Waals surface area contributed by atoms with Crippen LogP contribution in [0.3, 0.4) is 0 Å². The molecule has 106 valence electrons. The molecule has 0 saturated carbocycles. The van der Waals surface area contributed by atoms with Gasteiger partial charge in [-0.3, -0.25) is 4.72 Å². The van der Waals surface area contributed by atoms with Crippen molar-refractivity contribution >= 4 is 50.5 Å². The number of halogens is 4. The minimum absolute atomic E-state index is 0.0268. The fourth-order valence-electron chi connectivity index (χ4n) is 1.34. The molecule has 2 rings (SSSR count). The van der Waals surface area contributed by atoms with Crippen molar-refractivity contribution in [1.82, 2.24) is 4.98 Å². The first kappa shape index (κ1) is 15.3. The van der Waals surface area contributed by atoms with Crippen molar-refractivity contribution in [3.63, 3.8) is 0 Å². The van der Waals surface area contributed by atoms with Crippen LogP contribution < -0.4 is 4.72 Å². The van der Waals surface area contributed by atoms with Crippen molar-refractivity contribution in [2.24, 2.45) is 0 Å². The third-order valence-corrected chi connectivity index (χ3v) is 4.59. The van der Waals surface area contributed by atoms with Crippen molar-refractivity contribution in [1.29, 1.82) is 0 Å². The average Bonchev–Trinajstić information content (AvgIpc) is 2.38. The summed E-state index contributed by atoms with van der Waals surface area (Å²) in [6.45, 7) is 0. The van der Waals surface area contributed by atoms with Gasteiger partial charge in [-0.2, -0.15) is 0 Å². The van der Waals surface area contributed by atoms with Gasteiger partial charge in [-0.1, -0.05) is 40.9 Å². The van der Waals surface area contributed by atoms with Crippen LogP contribution in [0, 0.1) is 5.82 Å². The Balaban J connectivity index is 2.41. The van der Waals surface area contributed by atoms with Gasteiger partial charge in [0, 0.05) is 6.20 Å². The Kier molecular flexibility index (Phi) is 4.39. The van der Waals surface area contributed by atoms with Crippen molar-refractivity contribution in [2.75, 3.05) is 4.72 Å². The summed E-state index contributed by atoms with van der Waals surface area (Å²) in [7, 11) is -4.05. The van der Waals surface area contributed by atoms with E-state index in [1.807, 2.05) is 0 Å². The Morgan fingerprint density at radius 3 is 2.50 bits per heavy atom. The first-order valence-electron chi connectivity index (χ1n) is 5.09. The fourth-order valence-corrected chi connectivity index (χ4v) is 2.88. The highest BCUT2D eigenvalue weighted by Crippen LogP contribution is 2.26. The summed E-state index contributed by atoms with van der Waals surface area (Å²) in [6, 6.07) is 5.07. The van der Waals surface area contributed by atoms with E-state index in [4.69, 9.17) is 34.8 Å². The molecule has 0 radical (unpaired) electrons. The predicted octanol–water partition coefficient (Wildman–Crippen LogP) is 3.98. The normalized spacial score (nSPS) is 11.4. The van der Waals surface area contributed by atoms with Crippen LogP contribution in [0.1, 0.15) is 0 Å². The Morgan fingerprint density at radius 1 is 1.15 bits per heavy atom. The molecule has 0 aliphatic carbocycles. The molecule has 4 nitrogen and oxygen atoms in total. The molecular formula is C11H6Cl3FN2O2S. The molecule has 0 spiro atoms. The first-order chi connectivity index (χ1) is 9.31. The van der Waals surface area contributed by atoms with Gasteiger partial charge in [-0.15, -0.1) is 0 Å². The number of aromatic nitrogens is 1. The van der Waals surface area contributed by atoms with Crippen molar-refractivity contribution in [2.45, 2.75) is 4.90 Å². The minimum Gasteiger partial charge on any atom is -0.277 e. The molecular weight excluding hydrogens is 350 g/mol. The summed E-state index contributed by atoms with van der Waals surface area (Å²) in [6.07, 6.45) is 1.01. The Bertz CT molecular complexity index is 768. The lowest BCUT2D eigenvalue weighted by Crippen LogP contribution is -2.14.